The number of hydrogen-bond acceptors (Lipinski definition) is 5. The molecule has 1 fully saturated rings. The molecule has 2 heterocycles. The van der Waals surface area contributed by atoms with Crippen LogP contribution in [0.2, 0.25) is 0 Å². The van der Waals surface area contributed by atoms with Crippen LogP contribution in [0.5, 0.6) is 0 Å². The van der Waals surface area contributed by atoms with Gasteiger partial charge in [-0.25, -0.2) is 9.78 Å². The summed E-state index contributed by atoms with van der Waals surface area (Å²) >= 11 is 1.70. The van der Waals surface area contributed by atoms with Crippen LogP contribution in [-0.2, 0) is 11.2 Å². The lowest BCUT2D eigenvalue weighted by atomic mass is 10.4. The maximum absolute atomic E-state index is 11.5. The number of carbonyl (C=O) groups excluding carboxylic acids is 2. The molecular weight excluding hydrogens is 455 g/mol. The zero-order valence-corrected chi connectivity index (χ0v) is 17.9. The third-order valence-corrected chi connectivity index (χ3v) is 4.71. The van der Waals surface area contributed by atoms with Crippen LogP contribution in [0.15, 0.2) is 4.99 Å². The molecule has 1 aromatic rings. The number of carbonyl (C=O) groups is 2. The number of nitrogens with one attached hydrogen (secondary N) is 3. The van der Waals surface area contributed by atoms with Crippen molar-refractivity contribution < 1.29 is 9.59 Å². The van der Waals surface area contributed by atoms with Gasteiger partial charge in [-0.05, 0) is 20.8 Å². The highest BCUT2D eigenvalue weighted by atomic mass is 127. The molecule has 2 rings (SSSR count). The van der Waals surface area contributed by atoms with E-state index in [1.165, 1.54) is 9.78 Å². The van der Waals surface area contributed by atoms with E-state index in [0.29, 0.717) is 25.6 Å². The van der Waals surface area contributed by atoms with Crippen LogP contribution in [0.1, 0.15) is 22.5 Å². The Labute approximate surface area is 168 Å². The molecule has 0 unspecified atom stereocenters. The fraction of sp³-hybridized carbons (Fsp3) is 0.600. The van der Waals surface area contributed by atoms with Crippen molar-refractivity contribution >= 4 is 53.2 Å². The topological polar surface area (TPSA) is 98.7 Å². The Kier molecular flexibility index (Phi) is 9.11. The molecular formula is C15H25IN6O2S. The second-order valence-corrected chi connectivity index (χ2v) is 6.68. The largest absolute Gasteiger partial charge is 0.357 e. The van der Waals surface area contributed by atoms with Gasteiger partial charge < -0.3 is 16.0 Å². The lowest BCUT2D eigenvalue weighted by Gasteiger charge is -2.15. The molecule has 1 aliphatic heterocycles. The lowest BCUT2D eigenvalue weighted by Crippen LogP contribution is -2.43. The van der Waals surface area contributed by atoms with Crippen LogP contribution in [0.4, 0.5) is 4.79 Å². The van der Waals surface area contributed by atoms with Gasteiger partial charge in [0.2, 0.25) is 5.91 Å². The highest BCUT2D eigenvalue weighted by Gasteiger charge is 2.27. The van der Waals surface area contributed by atoms with Gasteiger partial charge in [-0.1, -0.05) is 0 Å². The standard InChI is InChI=1S/C15H24N6O2S.HI/c1-4-16-14(17-6-5-12-20-10(2)11(3)24-12)18-7-8-21-13(22)9-19-15(21)23;/h4-9H2,1-3H3,(H,19,23)(H2,16,17,18);1H. The molecule has 1 aliphatic rings. The number of guanidine groups is 1. The number of imide groups is 1. The Morgan fingerprint density at radius 1 is 1.36 bits per heavy atom. The second kappa shape index (κ2) is 10.5. The van der Waals surface area contributed by atoms with Crippen LogP contribution in [0.3, 0.4) is 0 Å². The summed E-state index contributed by atoms with van der Waals surface area (Å²) in [7, 11) is 0. The Morgan fingerprint density at radius 3 is 2.68 bits per heavy atom. The summed E-state index contributed by atoms with van der Waals surface area (Å²) in [5.41, 5.74) is 1.08. The molecule has 3 N–H and O–H groups in total. The quantitative estimate of drug-likeness (QED) is 0.234. The summed E-state index contributed by atoms with van der Waals surface area (Å²) in [6.07, 6.45) is 0.795. The van der Waals surface area contributed by atoms with Crippen LogP contribution in [-0.4, -0.2) is 60.5 Å². The summed E-state index contributed by atoms with van der Waals surface area (Å²) in [6.45, 7) is 8.30. The first kappa shape index (κ1) is 21.6. The maximum atomic E-state index is 11.5. The van der Waals surface area contributed by atoms with Crippen LogP contribution < -0.4 is 16.0 Å². The van der Waals surface area contributed by atoms with Gasteiger partial charge in [-0.15, -0.1) is 35.3 Å². The number of amides is 3. The maximum Gasteiger partial charge on any atom is 0.324 e. The molecule has 0 radical (unpaired) electrons. The van der Waals surface area contributed by atoms with Gasteiger partial charge >= 0.3 is 6.03 Å². The Hall–Kier alpha value is -1.43. The van der Waals surface area contributed by atoms with Crippen molar-refractivity contribution in [3.8, 4) is 0 Å². The van der Waals surface area contributed by atoms with Gasteiger partial charge in [-0.3, -0.25) is 14.7 Å². The fourth-order valence-corrected chi connectivity index (χ4v) is 3.14. The SMILES string of the molecule is CCNC(=NCCc1nc(C)c(C)s1)NCCN1C(=O)CNC1=O.I. The van der Waals surface area contributed by atoms with Crippen molar-refractivity contribution in [1.29, 1.82) is 0 Å². The highest BCUT2D eigenvalue weighted by molar-refractivity contribution is 14.0. The minimum atomic E-state index is -0.335. The molecule has 0 bridgehead atoms. The predicted molar refractivity (Wildman–Crippen MR) is 110 cm³/mol. The average Bonchev–Trinajstić information content (AvgIpc) is 3.03. The third kappa shape index (κ3) is 6.42. The number of halogens is 1. The van der Waals surface area contributed by atoms with Crippen molar-refractivity contribution in [3.05, 3.63) is 15.6 Å². The van der Waals surface area contributed by atoms with E-state index < -0.39 is 0 Å². The van der Waals surface area contributed by atoms with Crippen molar-refractivity contribution in [2.24, 2.45) is 4.99 Å². The number of aromatic nitrogens is 1. The van der Waals surface area contributed by atoms with Crippen LogP contribution in [0, 0.1) is 13.8 Å². The van der Waals surface area contributed by atoms with Crippen molar-refractivity contribution in [2.45, 2.75) is 27.2 Å². The molecule has 140 valence electrons. The van der Waals surface area contributed by atoms with Gasteiger partial charge in [0.05, 0.1) is 17.2 Å². The van der Waals surface area contributed by atoms with Crippen molar-refractivity contribution in [3.63, 3.8) is 0 Å². The molecule has 1 saturated heterocycles. The molecule has 25 heavy (non-hydrogen) atoms. The van der Waals surface area contributed by atoms with Gasteiger partial charge in [0.15, 0.2) is 5.96 Å². The molecule has 0 aliphatic carbocycles. The second-order valence-electron chi connectivity index (χ2n) is 5.39. The van der Waals surface area contributed by atoms with E-state index in [1.807, 2.05) is 13.8 Å². The first-order chi connectivity index (χ1) is 11.5. The first-order valence-corrected chi connectivity index (χ1v) is 8.86. The van der Waals surface area contributed by atoms with Gasteiger partial charge in [-0.2, -0.15) is 0 Å². The molecule has 3 amide bonds. The van der Waals surface area contributed by atoms with Crippen LogP contribution >= 0.6 is 35.3 Å². The smallest absolute Gasteiger partial charge is 0.324 e. The Morgan fingerprint density at radius 2 is 2.12 bits per heavy atom. The normalized spacial score (nSPS) is 14.4. The van der Waals surface area contributed by atoms with Crippen molar-refractivity contribution in [2.75, 3.05) is 32.7 Å². The number of thiazole rings is 1. The summed E-state index contributed by atoms with van der Waals surface area (Å²) in [5.74, 6) is 0.479. The van der Waals surface area contributed by atoms with Crippen molar-refractivity contribution in [1.82, 2.24) is 25.8 Å². The number of aliphatic imine (C=N–C) groups is 1. The molecule has 0 atom stereocenters. The number of urea groups is 1. The monoisotopic (exact) mass is 480 g/mol. The van der Waals surface area contributed by atoms with Gasteiger partial charge in [0.1, 0.15) is 0 Å². The molecule has 1 aromatic heterocycles. The zero-order chi connectivity index (χ0) is 17.5. The van der Waals surface area contributed by atoms with E-state index >= 15 is 0 Å². The molecule has 0 spiro atoms. The van der Waals surface area contributed by atoms with E-state index in [-0.39, 0.29) is 42.5 Å². The lowest BCUT2D eigenvalue weighted by molar-refractivity contribution is -0.124. The van der Waals surface area contributed by atoms with E-state index in [9.17, 15) is 9.59 Å². The summed E-state index contributed by atoms with van der Waals surface area (Å²) in [4.78, 5) is 34.4. The molecule has 8 nitrogen and oxygen atoms in total. The van der Waals surface area contributed by atoms with Gasteiger partial charge in [0.25, 0.3) is 0 Å². The number of rotatable bonds is 7. The van der Waals surface area contributed by atoms with Crippen LogP contribution in [0.25, 0.3) is 0 Å². The minimum absolute atomic E-state index is 0. The Bertz CT molecular complexity index is 598. The summed E-state index contributed by atoms with van der Waals surface area (Å²) in [6, 6.07) is -0.335. The number of hydrogen-bond donors (Lipinski definition) is 3. The highest BCUT2D eigenvalue weighted by Crippen LogP contribution is 2.16. The minimum Gasteiger partial charge on any atom is -0.357 e. The molecule has 0 aromatic carbocycles. The average molecular weight is 480 g/mol. The third-order valence-electron chi connectivity index (χ3n) is 3.58. The first-order valence-electron chi connectivity index (χ1n) is 8.04. The van der Waals surface area contributed by atoms with E-state index in [4.69, 9.17) is 0 Å². The summed E-state index contributed by atoms with van der Waals surface area (Å²) in [5, 5.41) is 9.88. The molecule has 0 saturated carbocycles. The Balaban J connectivity index is 0.00000312. The van der Waals surface area contributed by atoms with E-state index in [0.717, 1.165) is 23.7 Å². The molecule has 10 heteroatoms. The summed E-state index contributed by atoms with van der Waals surface area (Å²) < 4.78 is 0. The van der Waals surface area contributed by atoms with Gasteiger partial charge in [0, 0.05) is 37.5 Å². The number of nitrogens with zero attached hydrogens (tertiary/aromatic N) is 3. The fourth-order valence-electron chi connectivity index (χ4n) is 2.22. The number of aryl methyl sites for hydroxylation is 2. The van der Waals surface area contributed by atoms with E-state index in [1.54, 1.807) is 11.3 Å². The predicted octanol–water partition coefficient (Wildman–Crippen LogP) is 1.03. The zero-order valence-electron chi connectivity index (χ0n) is 14.7. The van der Waals surface area contributed by atoms with E-state index in [2.05, 4.69) is 32.9 Å².